The van der Waals surface area contributed by atoms with Crippen LogP contribution >= 0.6 is 0 Å². The van der Waals surface area contributed by atoms with Crippen molar-refractivity contribution in [1.29, 1.82) is 0 Å². The molecule has 1 unspecified atom stereocenters. The summed E-state index contributed by atoms with van der Waals surface area (Å²) in [5.74, 6) is 0. The molecule has 0 saturated carbocycles. The van der Waals surface area contributed by atoms with Crippen LogP contribution in [0, 0.1) is 0 Å². The van der Waals surface area contributed by atoms with E-state index in [0.717, 1.165) is 6.04 Å². The summed E-state index contributed by atoms with van der Waals surface area (Å²) in [4.78, 5) is 0. The van der Waals surface area contributed by atoms with Gasteiger partial charge in [-0.1, -0.05) is 78.1 Å². The first-order valence-corrected chi connectivity index (χ1v) is 11.1. The molecule has 0 aliphatic carbocycles. The van der Waals surface area contributed by atoms with E-state index in [1.54, 1.807) is 0 Å². The number of hydrogen-bond donors (Lipinski definition) is 0. The molecule has 0 saturated heterocycles. The molecule has 0 aliphatic heterocycles. The molecule has 0 rings (SSSR count). The number of unbranched alkanes of at least 4 members (excludes halogenated alkanes) is 9. The van der Waals surface area contributed by atoms with Gasteiger partial charge in [0.1, 0.15) is 0 Å². The molecule has 0 fully saturated rings. The summed E-state index contributed by atoms with van der Waals surface area (Å²) in [6, 6.07) is 0.911. The van der Waals surface area contributed by atoms with Crippen LogP contribution in [-0.4, -0.2) is 30.2 Å². The first kappa shape index (κ1) is 23.0. The van der Waals surface area contributed by atoms with Gasteiger partial charge in [0.25, 0.3) is 0 Å². The lowest BCUT2D eigenvalue weighted by molar-refractivity contribution is -0.947. The molecule has 0 radical (unpaired) electrons. The number of hydrogen-bond acceptors (Lipinski definition) is 0. The standard InChI is InChI=1S/C22H48N/c1-6-11-12-13-14-15-16-17-18-19-21-22(20-7-2)23(8-3,9-4)10-5/h22H,6-21H2,1-5H3/q+1. The highest BCUT2D eigenvalue weighted by Gasteiger charge is 2.30. The fraction of sp³-hybridized carbons (Fsp3) is 1.00. The zero-order chi connectivity index (χ0) is 17.4. The van der Waals surface area contributed by atoms with E-state index >= 15 is 0 Å². The Labute approximate surface area is 148 Å². The second-order valence-electron chi connectivity index (χ2n) is 7.58. The number of rotatable bonds is 17. The van der Waals surface area contributed by atoms with Gasteiger partial charge in [-0.2, -0.15) is 0 Å². The summed E-state index contributed by atoms with van der Waals surface area (Å²) in [5.41, 5.74) is 0. The van der Waals surface area contributed by atoms with Crippen molar-refractivity contribution in [3.8, 4) is 0 Å². The SMILES string of the molecule is CCCCCCCCCCCCC(CCC)[N+](CC)(CC)CC. The summed E-state index contributed by atoms with van der Waals surface area (Å²) in [7, 11) is 0. The highest BCUT2D eigenvalue weighted by molar-refractivity contribution is 4.61. The molecule has 140 valence electrons. The maximum absolute atomic E-state index is 2.40. The molecule has 0 spiro atoms. The van der Waals surface area contributed by atoms with Crippen LogP contribution in [0.2, 0.25) is 0 Å². The van der Waals surface area contributed by atoms with E-state index in [0.29, 0.717) is 0 Å². The first-order valence-electron chi connectivity index (χ1n) is 11.1. The van der Waals surface area contributed by atoms with Gasteiger partial charge in [-0.3, -0.25) is 0 Å². The average molecular weight is 327 g/mol. The van der Waals surface area contributed by atoms with E-state index in [4.69, 9.17) is 0 Å². The van der Waals surface area contributed by atoms with Crippen LogP contribution in [0.5, 0.6) is 0 Å². The third kappa shape index (κ3) is 9.75. The maximum atomic E-state index is 2.40. The largest absolute Gasteiger partial charge is 0.322 e. The molecule has 0 amide bonds. The van der Waals surface area contributed by atoms with Crippen LogP contribution in [0.4, 0.5) is 0 Å². The van der Waals surface area contributed by atoms with Crippen molar-refractivity contribution in [3.63, 3.8) is 0 Å². The van der Waals surface area contributed by atoms with Crippen molar-refractivity contribution in [2.45, 2.75) is 124 Å². The lowest BCUT2D eigenvalue weighted by Gasteiger charge is -2.43. The monoisotopic (exact) mass is 326 g/mol. The fourth-order valence-corrected chi connectivity index (χ4v) is 4.34. The van der Waals surface area contributed by atoms with E-state index in [2.05, 4.69) is 34.6 Å². The van der Waals surface area contributed by atoms with E-state index in [-0.39, 0.29) is 0 Å². The Morgan fingerprint density at radius 1 is 0.478 bits per heavy atom. The van der Waals surface area contributed by atoms with Gasteiger partial charge in [0.15, 0.2) is 0 Å². The van der Waals surface area contributed by atoms with Gasteiger partial charge in [-0.05, 0) is 40.0 Å². The molecule has 0 bridgehead atoms. The first-order chi connectivity index (χ1) is 11.2. The second-order valence-corrected chi connectivity index (χ2v) is 7.58. The molecule has 23 heavy (non-hydrogen) atoms. The van der Waals surface area contributed by atoms with Crippen LogP contribution < -0.4 is 0 Å². The van der Waals surface area contributed by atoms with Crippen LogP contribution in [0.1, 0.15) is 118 Å². The van der Waals surface area contributed by atoms with Crippen LogP contribution in [0.15, 0.2) is 0 Å². The molecular formula is C22H48N+. The average Bonchev–Trinajstić information content (AvgIpc) is 2.58. The molecule has 0 heterocycles. The number of nitrogens with zero attached hydrogens (tertiary/aromatic N) is 1. The minimum atomic E-state index is 0.911. The van der Waals surface area contributed by atoms with Gasteiger partial charge in [0, 0.05) is 0 Å². The normalized spacial score (nSPS) is 13.4. The molecule has 0 aliphatic rings. The molecule has 1 heteroatoms. The predicted octanol–water partition coefficient (Wildman–Crippen LogP) is 7.34. The Balaban J connectivity index is 3.84. The highest BCUT2D eigenvalue weighted by atomic mass is 15.4. The van der Waals surface area contributed by atoms with Crippen molar-refractivity contribution >= 4 is 0 Å². The Kier molecular flexibility index (Phi) is 15.5. The summed E-state index contributed by atoms with van der Waals surface area (Å²) in [5, 5.41) is 0. The van der Waals surface area contributed by atoms with Gasteiger partial charge < -0.3 is 4.48 Å². The van der Waals surface area contributed by atoms with E-state index < -0.39 is 0 Å². The van der Waals surface area contributed by atoms with Crippen LogP contribution in [-0.2, 0) is 0 Å². The van der Waals surface area contributed by atoms with Crippen LogP contribution in [0.25, 0.3) is 0 Å². The minimum absolute atomic E-state index is 0.911. The topological polar surface area (TPSA) is 0 Å². The third-order valence-corrected chi connectivity index (χ3v) is 6.18. The summed E-state index contributed by atoms with van der Waals surface area (Å²) < 4.78 is 1.35. The quantitative estimate of drug-likeness (QED) is 0.194. The third-order valence-electron chi connectivity index (χ3n) is 6.18. The van der Waals surface area contributed by atoms with Crippen molar-refractivity contribution in [3.05, 3.63) is 0 Å². The minimum Gasteiger partial charge on any atom is -0.322 e. The van der Waals surface area contributed by atoms with E-state index in [1.165, 1.54) is 108 Å². The number of quaternary nitrogens is 1. The van der Waals surface area contributed by atoms with Crippen molar-refractivity contribution < 1.29 is 4.48 Å². The van der Waals surface area contributed by atoms with E-state index in [1.807, 2.05) is 0 Å². The molecule has 0 aromatic heterocycles. The summed E-state index contributed by atoms with van der Waals surface area (Å²) in [6.45, 7) is 15.8. The smallest absolute Gasteiger partial charge is 0.0889 e. The molecule has 0 aromatic rings. The molecule has 0 aromatic carbocycles. The summed E-state index contributed by atoms with van der Waals surface area (Å²) >= 11 is 0. The zero-order valence-electron chi connectivity index (χ0n) is 17.3. The Bertz CT molecular complexity index is 224. The molecule has 1 atom stereocenters. The molecule has 0 N–H and O–H groups in total. The Morgan fingerprint density at radius 2 is 0.913 bits per heavy atom. The lowest BCUT2D eigenvalue weighted by atomic mass is 9.98. The zero-order valence-corrected chi connectivity index (χ0v) is 17.3. The molecule has 1 nitrogen and oxygen atoms in total. The summed E-state index contributed by atoms with van der Waals surface area (Å²) in [6.07, 6.45) is 18.8. The lowest BCUT2D eigenvalue weighted by Crippen LogP contribution is -2.55. The fourth-order valence-electron chi connectivity index (χ4n) is 4.34. The second kappa shape index (κ2) is 15.5. The predicted molar refractivity (Wildman–Crippen MR) is 107 cm³/mol. The van der Waals surface area contributed by atoms with E-state index in [9.17, 15) is 0 Å². The van der Waals surface area contributed by atoms with Crippen molar-refractivity contribution in [1.82, 2.24) is 0 Å². The Hall–Kier alpha value is -0.0400. The van der Waals surface area contributed by atoms with Gasteiger partial charge in [-0.15, -0.1) is 0 Å². The molecular weight excluding hydrogens is 278 g/mol. The van der Waals surface area contributed by atoms with Crippen molar-refractivity contribution in [2.24, 2.45) is 0 Å². The maximum Gasteiger partial charge on any atom is 0.0889 e. The highest BCUT2D eigenvalue weighted by Crippen LogP contribution is 2.23. The van der Waals surface area contributed by atoms with Crippen LogP contribution in [0.3, 0.4) is 0 Å². The Morgan fingerprint density at radius 3 is 1.30 bits per heavy atom. The van der Waals surface area contributed by atoms with Gasteiger partial charge >= 0.3 is 0 Å². The van der Waals surface area contributed by atoms with Crippen molar-refractivity contribution in [2.75, 3.05) is 19.6 Å². The van der Waals surface area contributed by atoms with Gasteiger partial charge in [0.05, 0.1) is 25.7 Å². The van der Waals surface area contributed by atoms with Gasteiger partial charge in [0.2, 0.25) is 0 Å². The van der Waals surface area contributed by atoms with Gasteiger partial charge in [-0.25, -0.2) is 0 Å².